The summed E-state index contributed by atoms with van der Waals surface area (Å²) in [4.78, 5) is 22.6. The quantitative estimate of drug-likeness (QED) is 0.780. The molecule has 0 radical (unpaired) electrons. The van der Waals surface area contributed by atoms with E-state index in [2.05, 4.69) is 5.32 Å². The molecule has 1 aliphatic rings. The Morgan fingerprint density at radius 1 is 1.37 bits per heavy atom. The normalized spacial score (nSPS) is 18.1. The van der Waals surface area contributed by atoms with Crippen LogP contribution < -0.4 is 5.32 Å². The molecule has 1 aliphatic heterocycles. The van der Waals surface area contributed by atoms with Gasteiger partial charge in [-0.3, -0.25) is 0 Å². The minimum Gasteiger partial charge on any atom is -0.480 e. The van der Waals surface area contributed by atoms with Gasteiger partial charge in [0, 0.05) is 6.42 Å². The lowest BCUT2D eigenvalue weighted by Gasteiger charge is -2.22. The standard InChI is InChI=1S/C12H21NO6/c1-12(2,3)19-11(16)13-8(10(14)15)4-5-9-17-6-7-18-9/h8-9H,4-7H2,1-3H3,(H,13,16)(H,14,15)/t8-/m1/s1. The van der Waals surface area contributed by atoms with Crippen LogP contribution in [-0.4, -0.2) is 48.3 Å². The third-order valence-corrected chi connectivity index (χ3v) is 2.37. The van der Waals surface area contributed by atoms with E-state index in [1.54, 1.807) is 20.8 Å². The van der Waals surface area contributed by atoms with E-state index in [0.717, 1.165) is 0 Å². The molecule has 0 saturated carbocycles. The fourth-order valence-corrected chi connectivity index (χ4v) is 1.58. The van der Waals surface area contributed by atoms with Crippen molar-refractivity contribution in [3.8, 4) is 0 Å². The van der Waals surface area contributed by atoms with Crippen molar-refractivity contribution in [2.45, 2.75) is 51.5 Å². The minimum atomic E-state index is -1.11. The van der Waals surface area contributed by atoms with Crippen LogP contribution in [0, 0.1) is 0 Å². The fourth-order valence-electron chi connectivity index (χ4n) is 1.58. The molecule has 0 spiro atoms. The smallest absolute Gasteiger partial charge is 0.408 e. The van der Waals surface area contributed by atoms with E-state index in [1.165, 1.54) is 0 Å². The van der Waals surface area contributed by atoms with Gasteiger partial charge in [-0.1, -0.05) is 0 Å². The highest BCUT2D eigenvalue weighted by molar-refractivity contribution is 5.79. The molecule has 1 fully saturated rings. The number of hydrogen-bond acceptors (Lipinski definition) is 5. The van der Waals surface area contributed by atoms with Crippen molar-refractivity contribution in [3.63, 3.8) is 0 Å². The summed E-state index contributed by atoms with van der Waals surface area (Å²) >= 11 is 0. The zero-order chi connectivity index (χ0) is 14.5. The van der Waals surface area contributed by atoms with Crippen molar-refractivity contribution >= 4 is 12.1 Å². The zero-order valence-corrected chi connectivity index (χ0v) is 11.5. The van der Waals surface area contributed by atoms with Crippen LogP contribution in [0.5, 0.6) is 0 Å². The van der Waals surface area contributed by atoms with Gasteiger partial charge in [0.15, 0.2) is 6.29 Å². The second-order valence-electron chi connectivity index (χ2n) is 5.29. The van der Waals surface area contributed by atoms with Gasteiger partial charge in [-0.25, -0.2) is 9.59 Å². The maximum atomic E-state index is 11.5. The zero-order valence-electron chi connectivity index (χ0n) is 11.5. The molecule has 110 valence electrons. The van der Waals surface area contributed by atoms with Crippen molar-refractivity contribution in [1.29, 1.82) is 0 Å². The number of carbonyl (C=O) groups excluding carboxylic acids is 1. The summed E-state index contributed by atoms with van der Waals surface area (Å²) in [5.74, 6) is -1.11. The summed E-state index contributed by atoms with van der Waals surface area (Å²) in [6.07, 6.45) is -0.498. The third-order valence-electron chi connectivity index (χ3n) is 2.37. The first-order chi connectivity index (χ1) is 8.78. The molecule has 0 aliphatic carbocycles. The first kappa shape index (κ1) is 15.7. The molecule has 19 heavy (non-hydrogen) atoms. The van der Waals surface area contributed by atoms with Gasteiger partial charge in [0.05, 0.1) is 13.2 Å². The molecule has 0 bridgehead atoms. The third kappa shape index (κ3) is 6.40. The number of ether oxygens (including phenoxy) is 3. The number of amides is 1. The van der Waals surface area contributed by atoms with Gasteiger partial charge in [0.2, 0.25) is 0 Å². The summed E-state index contributed by atoms with van der Waals surface area (Å²) < 4.78 is 15.4. The molecular weight excluding hydrogens is 254 g/mol. The van der Waals surface area contributed by atoms with E-state index >= 15 is 0 Å². The van der Waals surface area contributed by atoms with Gasteiger partial charge in [-0.15, -0.1) is 0 Å². The van der Waals surface area contributed by atoms with Crippen LogP contribution >= 0.6 is 0 Å². The van der Waals surface area contributed by atoms with E-state index in [0.29, 0.717) is 19.6 Å². The van der Waals surface area contributed by atoms with Crippen molar-refractivity contribution in [2.75, 3.05) is 13.2 Å². The maximum absolute atomic E-state index is 11.5. The molecule has 1 atom stereocenters. The lowest BCUT2D eigenvalue weighted by molar-refractivity contribution is -0.140. The molecule has 0 aromatic heterocycles. The van der Waals surface area contributed by atoms with E-state index in [-0.39, 0.29) is 12.7 Å². The van der Waals surface area contributed by atoms with Gasteiger partial charge < -0.3 is 24.6 Å². The predicted octanol–water partition coefficient (Wildman–Crippen LogP) is 1.12. The Kier molecular flexibility index (Phi) is 5.56. The van der Waals surface area contributed by atoms with E-state index in [4.69, 9.17) is 19.3 Å². The number of rotatable bonds is 5. The molecule has 1 saturated heterocycles. The highest BCUT2D eigenvalue weighted by atomic mass is 16.7. The molecule has 7 nitrogen and oxygen atoms in total. The molecular formula is C12H21NO6. The lowest BCUT2D eigenvalue weighted by atomic mass is 10.1. The number of hydrogen-bond donors (Lipinski definition) is 2. The van der Waals surface area contributed by atoms with Crippen molar-refractivity contribution < 1.29 is 28.9 Å². The molecule has 7 heteroatoms. The molecule has 0 aromatic carbocycles. The molecule has 1 heterocycles. The Bertz CT molecular complexity index is 319. The van der Waals surface area contributed by atoms with Crippen LogP contribution in [0.3, 0.4) is 0 Å². The van der Waals surface area contributed by atoms with Crippen LogP contribution in [0.2, 0.25) is 0 Å². The number of carboxylic acid groups (broad SMARTS) is 1. The van der Waals surface area contributed by atoms with Gasteiger partial charge in [-0.2, -0.15) is 0 Å². The Hall–Kier alpha value is -1.34. The monoisotopic (exact) mass is 275 g/mol. The van der Waals surface area contributed by atoms with E-state index in [9.17, 15) is 9.59 Å². The summed E-state index contributed by atoms with van der Waals surface area (Å²) in [5.41, 5.74) is -0.662. The van der Waals surface area contributed by atoms with E-state index in [1.807, 2.05) is 0 Å². The Morgan fingerprint density at radius 3 is 2.42 bits per heavy atom. The number of carboxylic acids is 1. The predicted molar refractivity (Wildman–Crippen MR) is 65.7 cm³/mol. The average Bonchev–Trinajstić information content (AvgIpc) is 2.73. The van der Waals surface area contributed by atoms with Crippen LogP contribution in [0.15, 0.2) is 0 Å². The summed E-state index contributed by atoms with van der Waals surface area (Å²) in [7, 11) is 0. The lowest BCUT2D eigenvalue weighted by Crippen LogP contribution is -2.43. The van der Waals surface area contributed by atoms with Crippen molar-refractivity contribution in [1.82, 2.24) is 5.32 Å². The Balaban J connectivity index is 2.39. The van der Waals surface area contributed by atoms with Crippen molar-refractivity contribution in [2.24, 2.45) is 0 Å². The second-order valence-corrected chi connectivity index (χ2v) is 5.29. The first-order valence-electron chi connectivity index (χ1n) is 6.23. The van der Waals surface area contributed by atoms with Gasteiger partial charge in [0.1, 0.15) is 11.6 Å². The van der Waals surface area contributed by atoms with Crippen LogP contribution in [0.4, 0.5) is 4.79 Å². The first-order valence-corrected chi connectivity index (χ1v) is 6.23. The second kappa shape index (κ2) is 6.72. The number of carbonyl (C=O) groups is 2. The largest absolute Gasteiger partial charge is 0.480 e. The number of nitrogens with one attached hydrogen (secondary N) is 1. The Morgan fingerprint density at radius 2 is 1.95 bits per heavy atom. The molecule has 2 N–H and O–H groups in total. The van der Waals surface area contributed by atoms with Crippen LogP contribution in [0.25, 0.3) is 0 Å². The van der Waals surface area contributed by atoms with Gasteiger partial charge in [0.25, 0.3) is 0 Å². The summed E-state index contributed by atoms with van der Waals surface area (Å²) in [6, 6.07) is -1.01. The number of alkyl carbamates (subject to hydrolysis) is 1. The van der Waals surface area contributed by atoms with Crippen LogP contribution in [0.1, 0.15) is 33.6 Å². The topological polar surface area (TPSA) is 94.1 Å². The summed E-state index contributed by atoms with van der Waals surface area (Å²) in [6.45, 7) is 6.16. The molecule has 1 rings (SSSR count). The average molecular weight is 275 g/mol. The number of aliphatic carboxylic acids is 1. The highest BCUT2D eigenvalue weighted by Crippen LogP contribution is 2.13. The van der Waals surface area contributed by atoms with Crippen LogP contribution in [-0.2, 0) is 19.0 Å². The fraction of sp³-hybridized carbons (Fsp3) is 0.833. The van der Waals surface area contributed by atoms with Gasteiger partial charge in [-0.05, 0) is 27.2 Å². The molecule has 0 unspecified atom stereocenters. The highest BCUT2D eigenvalue weighted by Gasteiger charge is 2.26. The minimum absolute atomic E-state index is 0.221. The van der Waals surface area contributed by atoms with Crippen molar-refractivity contribution in [3.05, 3.63) is 0 Å². The summed E-state index contributed by atoms with van der Waals surface area (Å²) in [5, 5.41) is 11.4. The SMILES string of the molecule is CC(C)(C)OC(=O)N[C@H](CCC1OCCO1)C(=O)O. The van der Waals surface area contributed by atoms with Gasteiger partial charge >= 0.3 is 12.1 Å². The molecule has 0 aromatic rings. The van der Waals surface area contributed by atoms with E-state index < -0.39 is 23.7 Å². The molecule has 1 amide bonds. The Labute approximate surface area is 112 Å². The maximum Gasteiger partial charge on any atom is 0.408 e.